The van der Waals surface area contributed by atoms with Gasteiger partial charge in [0.15, 0.2) is 0 Å². The van der Waals surface area contributed by atoms with Crippen LogP contribution in [0.1, 0.15) is 51.7 Å². The number of anilines is 1. The summed E-state index contributed by atoms with van der Waals surface area (Å²) in [5.74, 6) is -0.260. The molecule has 0 saturated heterocycles. The topological polar surface area (TPSA) is 79.0 Å². The van der Waals surface area contributed by atoms with Crippen LogP contribution in [0.4, 0.5) is 5.69 Å². The van der Waals surface area contributed by atoms with E-state index in [1.807, 2.05) is 30.3 Å². The molecule has 1 N–H and O–H groups in total. The second-order valence-electron chi connectivity index (χ2n) is 7.45. The number of rotatable bonds is 8. The van der Waals surface area contributed by atoms with E-state index in [4.69, 9.17) is 4.74 Å². The molecule has 156 valence electrons. The van der Waals surface area contributed by atoms with Crippen LogP contribution >= 0.6 is 0 Å². The van der Waals surface area contributed by atoms with Crippen LogP contribution in [0.5, 0.6) is 0 Å². The molecule has 0 spiro atoms. The van der Waals surface area contributed by atoms with Crippen LogP contribution in [0.15, 0.2) is 48.5 Å². The molecular weight excluding hydrogens is 382 g/mol. The fourth-order valence-corrected chi connectivity index (χ4v) is 4.14. The molecular formula is C23H25N3O4. The van der Waals surface area contributed by atoms with Gasteiger partial charge < -0.3 is 15.0 Å². The molecule has 0 unspecified atom stereocenters. The lowest BCUT2D eigenvalue weighted by Gasteiger charge is -2.41. The van der Waals surface area contributed by atoms with Gasteiger partial charge in [0, 0.05) is 44.4 Å². The first-order chi connectivity index (χ1) is 14.6. The minimum absolute atomic E-state index is 0.0456. The van der Waals surface area contributed by atoms with Gasteiger partial charge in [-0.3, -0.25) is 19.3 Å². The van der Waals surface area contributed by atoms with Crippen LogP contribution < -0.4 is 10.2 Å². The highest BCUT2D eigenvalue weighted by atomic mass is 16.5. The molecule has 2 aromatic rings. The summed E-state index contributed by atoms with van der Waals surface area (Å²) < 4.78 is 4.97. The average molecular weight is 407 g/mol. The van der Waals surface area contributed by atoms with E-state index < -0.39 is 6.17 Å². The predicted molar refractivity (Wildman–Crippen MR) is 112 cm³/mol. The summed E-state index contributed by atoms with van der Waals surface area (Å²) in [5.41, 5.74) is 2.60. The van der Waals surface area contributed by atoms with E-state index in [9.17, 15) is 14.4 Å². The lowest BCUT2D eigenvalue weighted by molar-refractivity contribution is -0.121. The number of benzene rings is 2. The maximum Gasteiger partial charge on any atom is 0.260 e. The first kappa shape index (κ1) is 20.1. The van der Waals surface area contributed by atoms with Crippen molar-refractivity contribution in [1.29, 1.82) is 0 Å². The minimum atomic E-state index is -0.471. The van der Waals surface area contributed by atoms with Crippen molar-refractivity contribution in [2.24, 2.45) is 0 Å². The van der Waals surface area contributed by atoms with Gasteiger partial charge in [-0.25, -0.2) is 0 Å². The van der Waals surface area contributed by atoms with Crippen molar-refractivity contribution in [3.8, 4) is 0 Å². The zero-order valence-electron chi connectivity index (χ0n) is 17.0. The average Bonchev–Trinajstić information content (AvgIpc) is 3.06. The Morgan fingerprint density at radius 2 is 1.73 bits per heavy atom. The van der Waals surface area contributed by atoms with Crippen LogP contribution in [0.25, 0.3) is 0 Å². The molecule has 4 rings (SSSR count). The lowest BCUT2D eigenvalue weighted by Crippen LogP contribution is -2.48. The van der Waals surface area contributed by atoms with E-state index >= 15 is 0 Å². The standard InChI is InChI=1S/C23H25N3O4/c1-30-15-7-13-24-20(27)12-6-14-25-21-16-8-2-3-9-17(16)23(29)26(21)19-11-5-4-10-18(19)22(25)28/h2-5,8-11,21H,6-7,12-15H2,1H3,(H,24,27)/t21-/m1/s1. The van der Waals surface area contributed by atoms with Crippen LogP contribution in [0.3, 0.4) is 0 Å². The van der Waals surface area contributed by atoms with Gasteiger partial charge in [-0.05, 0) is 31.0 Å². The van der Waals surface area contributed by atoms with Crippen LogP contribution in [-0.4, -0.2) is 49.4 Å². The van der Waals surface area contributed by atoms with E-state index in [1.54, 1.807) is 35.1 Å². The Bertz CT molecular complexity index is 974. The summed E-state index contributed by atoms with van der Waals surface area (Å²) in [4.78, 5) is 41.9. The minimum Gasteiger partial charge on any atom is -0.385 e. The molecule has 0 aliphatic carbocycles. The number of para-hydroxylation sites is 1. The molecule has 1 atom stereocenters. The second kappa shape index (κ2) is 8.67. The first-order valence-electron chi connectivity index (χ1n) is 10.2. The fourth-order valence-electron chi connectivity index (χ4n) is 4.14. The van der Waals surface area contributed by atoms with Gasteiger partial charge in [-0.2, -0.15) is 0 Å². The quantitative estimate of drug-likeness (QED) is 0.683. The van der Waals surface area contributed by atoms with Crippen molar-refractivity contribution < 1.29 is 19.1 Å². The Hall–Kier alpha value is -3.19. The highest BCUT2D eigenvalue weighted by Crippen LogP contribution is 2.45. The normalized spacial score (nSPS) is 16.9. The Labute approximate surface area is 175 Å². The Kier molecular flexibility index (Phi) is 5.81. The molecule has 0 fully saturated rings. The molecule has 2 aliphatic heterocycles. The number of carbonyl (C=O) groups is 3. The lowest BCUT2D eigenvalue weighted by atomic mass is 10.0. The van der Waals surface area contributed by atoms with Crippen molar-refractivity contribution >= 4 is 23.4 Å². The third-order valence-electron chi connectivity index (χ3n) is 5.53. The number of nitrogens with zero attached hydrogens (tertiary/aromatic N) is 2. The Morgan fingerprint density at radius 1 is 1.00 bits per heavy atom. The third kappa shape index (κ3) is 3.57. The van der Waals surface area contributed by atoms with E-state index in [0.29, 0.717) is 49.4 Å². The van der Waals surface area contributed by atoms with Crippen molar-refractivity contribution in [2.75, 3.05) is 31.7 Å². The van der Waals surface area contributed by atoms with Gasteiger partial charge in [0.1, 0.15) is 6.17 Å². The third-order valence-corrected chi connectivity index (χ3v) is 5.53. The van der Waals surface area contributed by atoms with E-state index in [1.165, 1.54) is 0 Å². The summed E-state index contributed by atoms with van der Waals surface area (Å²) in [5, 5.41) is 2.86. The van der Waals surface area contributed by atoms with Gasteiger partial charge in [0.25, 0.3) is 11.8 Å². The maximum atomic E-state index is 13.3. The summed E-state index contributed by atoms with van der Waals surface area (Å²) >= 11 is 0. The van der Waals surface area contributed by atoms with Crippen LogP contribution in [0, 0.1) is 0 Å². The summed E-state index contributed by atoms with van der Waals surface area (Å²) in [6.07, 6.45) is 1.13. The Balaban J connectivity index is 1.52. The highest BCUT2D eigenvalue weighted by molar-refractivity contribution is 6.16. The summed E-state index contributed by atoms with van der Waals surface area (Å²) in [6.45, 7) is 1.56. The number of hydrogen-bond donors (Lipinski definition) is 1. The monoisotopic (exact) mass is 407 g/mol. The van der Waals surface area contributed by atoms with Gasteiger partial charge in [0.2, 0.25) is 5.91 Å². The van der Waals surface area contributed by atoms with Crippen LogP contribution in [-0.2, 0) is 9.53 Å². The highest BCUT2D eigenvalue weighted by Gasteiger charge is 2.47. The van der Waals surface area contributed by atoms with E-state index in [-0.39, 0.29) is 17.7 Å². The molecule has 0 bridgehead atoms. The molecule has 30 heavy (non-hydrogen) atoms. The molecule has 0 radical (unpaired) electrons. The van der Waals surface area contributed by atoms with Crippen LogP contribution in [0.2, 0.25) is 0 Å². The Morgan fingerprint density at radius 3 is 2.53 bits per heavy atom. The van der Waals surface area contributed by atoms with Gasteiger partial charge >= 0.3 is 0 Å². The summed E-state index contributed by atoms with van der Waals surface area (Å²) in [6, 6.07) is 14.6. The van der Waals surface area contributed by atoms with E-state index in [0.717, 1.165) is 12.0 Å². The number of fused-ring (bicyclic) bond motifs is 5. The van der Waals surface area contributed by atoms with Crippen molar-refractivity contribution in [1.82, 2.24) is 10.2 Å². The number of carbonyl (C=O) groups excluding carboxylic acids is 3. The number of methoxy groups -OCH3 is 1. The van der Waals surface area contributed by atoms with E-state index in [2.05, 4.69) is 5.32 Å². The second-order valence-corrected chi connectivity index (χ2v) is 7.45. The molecule has 2 aromatic carbocycles. The summed E-state index contributed by atoms with van der Waals surface area (Å²) in [7, 11) is 1.63. The molecule has 7 heteroatoms. The molecule has 2 heterocycles. The SMILES string of the molecule is COCCCNC(=O)CCCN1C(=O)c2ccccc2N2C(=O)c3ccccc3[C@H]12. The van der Waals surface area contributed by atoms with Crippen molar-refractivity contribution in [3.05, 3.63) is 65.2 Å². The molecule has 0 aromatic heterocycles. The zero-order valence-corrected chi connectivity index (χ0v) is 17.0. The van der Waals surface area contributed by atoms with Crippen molar-refractivity contribution in [3.63, 3.8) is 0 Å². The maximum absolute atomic E-state index is 13.3. The number of ether oxygens (including phenoxy) is 1. The molecule has 0 saturated carbocycles. The smallest absolute Gasteiger partial charge is 0.260 e. The van der Waals surface area contributed by atoms with Gasteiger partial charge in [-0.1, -0.05) is 30.3 Å². The number of hydrogen-bond acceptors (Lipinski definition) is 4. The van der Waals surface area contributed by atoms with Crippen molar-refractivity contribution in [2.45, 2.75) is 25.4 Å². The molecule has 7 nitrogen and oxygen atoms in total. The number of nitrogens with one attached hydrogen (secondary N) is 1. The number of amides is 3. The molecule has 2 aliphatic rings. The molecule has 3 amide bonds. The van der Waals surface area contributed by atoms with Gasteiger partial charge in [0.05, 0.1) is 11.3 Å². The zero-order chi connectivity index (χ0) is 21.1. The predicted octanol–water partition coefficient (Wildman–Crippen LogP) is 2.73. The largest absolute Gasteiger partial charge is 0.385 e. The first-order valence-corrected chi connectivity index (χ1v) is 10.2. The van der Waals surface area contributed by atoms with Gasteiger partial charge in [-0.15, -0.1) is 0 Å². The fraction of sp³-hybridized carbons (Fsp3) is 0.348.